The molecule has 3 amide bonds. The molecule has 3 heterocycles. The number of rotatable bonds is 4. The predicted octanol–water partition coefficient (Wildman–Crippen LogP) is 1.60. The third-order valence-electron chi connectivity index (χ3n) is 7.08. The third kappa shape index (κ3) is 3.54. The number of likely N-dealkylation sites (tertiary alicyclic amines) is 1. The van der Waals surface area contributed by atoms with Crippen LogP contribution in [0.2, 0.25) is 0 Å². The van der Waals surface area contributed by atoms with Crippen molar-refractivity contribution in [2.75, 3.05) is 30.3 Å². The second-order valence-corrected chi connectivity index (χ2v) is 9.05. The van der Waals surface area contributed by atoms with Crippen LogP contribution in [0.4, 0.5) is 11.5 Å². The number of pyridine rings is 1. The second kappa shape index (κ2) is 8.02. The van der Waals surface area contributed by atoms with Crippen LogP contribution in [0.3, 0.4) is 0 Å². The van der Waals surface area contributed by atoms with Gasteiger partial charge >= 0.3 is 0 Å². The number of nitrogens with zero attached hydrogens (tertiary/aromatic N) is 2. The molecule has 0 radical (unpaired) electrons. The molecule has 166 valence electrons. The predicted molar refractivity (Wildman–Crippen MR) is 120 cm³/mol. The van der Waals surface area contributed by atoms with Gasteiger partial charge < -0.3 is 21.3 Å². The van der Waals surface area contributed by atoms with Gasteiger partial charge in [0, 0.05) is 37.0 Å². The normalized spacial score (nSPS) is 21.9. The number of aromatic nitrogens is 1. The maximum Gasteiger partial charge on any atom is 0.237 e. The van der Waals surface area contributed by atoms with E-state index in [-0.39, 0.29) is 30.2 Å². The molecule has 1 aromatic carbocycles. The van der Waals surface area contributed by atoms with Gasteiger partial charge in [-0.05, 0) is 60.9 Å². The highest BCUT2D eigenvalue weighted by molar-refractivity contribution is 6.06. The maximum absolute atomic E-state index is 12.8. The van der Waals surface area contributed by atoms with Gasteiger partial charge in [-0.2, -0.15) is 0 Å². The largest absolute Gasteiger partial charge is 0.342 e. The molecule has 32 heavy (non-hydrogen) atoms. The Morgan fingerprint density at radius 1 is 1.19 bits per heavy atom. The Morgan fingerprint density at radius 2 is 1.97 bits per heavy atom. The summed E-state index contributed by atoms with van der Waals surface area (Å²) in [5.74, 6) is 0.860. The highest BCUT2D eigenvalue weighted by Gasteiger charge is 2.51. The van der Waals surface area contributed by atoms with Crippen molar-refractivity contribution in [3.63, 3.8) is 0 Å². The average molecular weight is 434 g/mol. The number of piperidine rings is 1. The molecule has 2 aromatic rings. The zero-order chi connectivity index (χ0) is 22.3. The van der Waals surface area contributed by atoms with Crippen LogP contribution in [0.25, 0.3) is 0 Å². The Kier molecular flexibility index (Phi) is 5.17. The van der Waals surface area contributed by atoms with Gasteiger partial charge in [0.05, 0.1) is 12.0 Å². The number of anilines is 2. The molecule has 1 aromatic heterocycles. The van der Waals surface area contributed by atoms with E-state index in [1.165, 1.54) is 0 Å². The molecule has 1 spiro atoms. The van der Waals surface area contributed by atoms with E-state index in [1.54, 1.807) is 11.1 Å². The molecule has 1 aliphatic carbocycles. The van der Waals surface area contributed by atoms with E-state index in [2.05, 4.69) is 15.6 Å². The first-order valence-electron chi connectivity index (χ1n) is 11.1. The lowest BCUT2D eigenvalue weighted by atomic mass is 9.79. The fraction of sp³-hybridized carbons (Fsp3) is 0.417. The van der Waals surface area contributed by atoms with Crippen LogP contribution >= 0.6 is 0 Å². The van der Waals surface area contributed by atoms with Crippen molar-refractivity contribution in [3.8, 4) is 0 Å². The zero-order valence-corrected chi connectivity index (χ0v) is 17.9. The monoisotopic (exact) mass is 433 g/mol. The number of benzene rings is 1. The van der Waals surface area contributed by atoms with Gasteiger partial charge in [-0.1, -0.05) is 12.1 Å². The molecule has 0 saturated carbocycles. The van der Waals surface area contributed by atoms with Gasteiger partial charge in [0.2, 0.25) is 17.7 Å². The van der Waals surface area contributed by atoms with Crippen molar-refractivity contribution in [3.05, 3.63) is 53.2 Å². The summed E-state index contributed by atoms with van der Waals surface area (Å²) < 4.78 is 0. The molecule has 8 heteroatoms. The first kappa shape index (κ1) is 20.6. The lowest BCUT2D eigenvalue weighted by Crippen LogP contribution is -2.42. The molecule has 0 bridgehead atoms. The van der Waals surface area contributed by atoms with Gasteiger partial charge in [-0.3, -0.25) is 14.4 Å². The van der Waals surface area contributed by atoms with Crippen molar-refractivity contribution < 1.29 is 14.4 Å². The van der Waals surface area contributed by atoms with E-state index < -0.39 is 5.41 Å². The quantitative estimate of drug-likeness (QED) is 0.677. The summed E-state index contributed by atoms with van der Waals surface area (Å²) in [6.45, 7) is 1.36. The van der Waals surface area contributed by atoms with Gasteiger partial charge in [0.25, 0.3) is 0 Å². The summed E-state index contributed by atoms with van der Waals surface area (Å²) in [6, 6.07) is 9.76. The SMILES string of the molecule is NCC(=O)N1CCC(CC(=O)Nc2ccc3c(c2)CC2(C3)C(=O)Nc3ncccc32)CC1. The van der Waals surface area contributed by atoms with Crippen molar-refractivity contribution in [1.29, 1.82) is 0 Å². The topological polar surface area (TPSA) is 117 Å². The van der Waals surface area contributed by atoms with E-state index in [9.17, 15) is 14.4 Å². The molecule has 1 unspecified atom stereocenters. The molecule has 1 fully saturated rings. The standard InChI is InChI=1S/C24H27N5O3/c25-14-21(31)29-8-5-15(6-9-29)10-20(30)27-18-4-3-16-12-24(13-17(16)11-18)19-2-1-7-26-22(19)28-23(24)32/h1-4,7,11,15H,5-6,8-10,12-14,25H2,(H,27,30)(H,26,28,32). The Morgan fingerprint density at radius 3 is 2.75 bits per heavy atom. The van der Waals surface area contributed by atoms with E-state index >= 15 is 0 Å². The minimum absolute atomic E-state index is 0.00700. The second-order valence-electron chi connectivity index (χ2n) is 9.05. The lowest BCUT2D eigenvalue weighted by Gasteiger charge is -2.31. The van der Waals surface area contributed by atoms with Crippen LogP contribution in [-0.2, 0) is 32.6 Å². The minimum atomic E-state index is -0.608. The fourth-order valence-electron chi connectivity index (χ4n) is 5.33. The lowest BCUT2D eigenvalue weighted by molar-refractivity contribution is -0.131. The number of nitrogens with one attached hydrogen (secondary N) is 2. The van der Waals surface area contributed by atoms with Crippen molar-refractivity contribution in [1.82, 2.24) is 9.88 Å². The average Bonchev–Trinajstić information content (AvgIpc) is 3.31. The number of nitrogens with two attached hydrogens (primary N) is 1. The zero-order valence-electron chi connectivity index (χ0n) is 17.9. The molecule has 5 rings (SSSR count). The Bertz CT molecular complexity index is 1090. The molecule has 8 nitrogen and oxygen atoms in total. The van der Waals surface area contributed by atoms with Crippen LogP contribution in [0.15, 0.2) is 36.5 Å². The van der Waals surface area contributed by atoms with Crippen LogP contribution in [0, 0.1) is 5.92 Å². The number of carbonyl (C=O) groups is 3. The highest BCUT2D eigenvalue weighted by atomic mass is 16.2. The molecular weight excluding hydrogens is 406 g/mol. The summed E-state index contributed by atoms with van der Waals surface area (Å²) in [7, 11) is 0. The van der Waals surface area contributed by atoms with Crippen molar-refractivity contribution in [2.24, 2.45) is 11.7 Å². The summed E-state index contributed by atoms with van der Waals surface area (Å²) in [6.07, 6.45) is 5.00. The summed E-state index contributed by atoms with van der Waals surface area (Å²) in [4.78, 5) is 43.3. The van der Waals surface area contributed by atoms with Crippen molar-refractivity contribution in [2.45, 2.75) is 37.5 Å². The van der Waals surface area contributed by atoms with Crippen LogP contribution in [-0.4, -0.2) is 47.2 Å². The highest BCUT2D eigenvalue weighted by Crippen LogP contribution is 2.46. The summed E-state index contributed by atoms with van der Waals surface area (Å²) >= 11 is 0. The molecule has 3 aliphatic rings. The van der Waals surface area contributed by atoms with Crippen LogP contribution in [0.5, 0.6) is 0 Å². The molecule has 1 atom stereocenters. The Hall–Kier alpha value is -3.26. The van der Waals surface area contributed by atoms with E-state index in [4.69, 9.17) is 5.73 Å². The van der Waals surface area contributed by atoms with E-state index in [0.717, 1.165) is 35.2 Å². The Balaban J connectivity index is 1.23. The molecule has 1 saturated heterocycles. The third-order valence-corrected chi connectivity index (χ3v) is 7.08. The summed E-state index contributed by atoms with van der Waals surface area (Å²) in [5, 5.41) is 5.94. The number of hydrogen-bond donors (Lipinski definition) is 3. The minimum Gasteiger partial charge on any atom is -0.342 e. The fourth-order valence-corrected chi connectivity index (χ4v) is 5.33. The molecular formula is C24H27N5O3. The number of fused-ring (bicyclic) bond motifs is 3. The van der Waals surface area contributed by atoms with E-state index in [1.807, 2.05) is 30.3 Å². The smallest absolute Gasteiger partial charge is 0.237 e. The maximum atomic E-state index is 12.8. The van der Waals surface area contributed by atoms with Gasteiger partial charge in [-0.25, -0.2) is 4.98 Å². The number of carbonyl (C=O) groups excluding carboxylic acids is 3. The summed E-state index contributed by atoms with van der Waals surface area (Å²) in [5.41, 5.74) is 8.75. The van der Waals surface area contributed by atoms with Crippen LogP contribution in [0.1, 0.15) is 36.0 Å². The van der Waals surface area contributed by atoms with Gasteiger partial charge in [-0.15, -0.1) is 0 Å². The van der Waals surface area contributed by atoms with Gasteiger partial charge in [0.1, 0.15) is 5.82 Å². The van der Waals surface area contributed by atoms with Crippen LogP contribution < -0.4 is 16.4 Å². The molecule has 2 aliphatic heterocycles. The number of amides is 3. The molecule has 4 N–H and O–H groups in total. The number of hydrogen-bond acceptors (Lipinski definition) is 5. The van der Waals surface area contributed by atoms with Crippen molar-refractivity contribution >= 4 is 29.2 Å². The van der Waals surface area contributed by atoms with Gasteiger partial charge in [0.15, 0.2) is 0 Å². The Labute approximate surface area is 186 Å². The first-order chi connectivity index (χ1) is 15.5. The first-order valence-corrected chi connectivity index (χ1v) is 11.1. The van der Waals surface area contributed by atoms with E-state index in [0.29, 0.717) is 38.2 Å².